The molecule has 23 heavy (non-hydrogen) atoms. The Kier molecular flexibility index (Phi) is 4.82. The Hall–Kier alpha value is -2.25. The predicted octanol–water partition coefficient (Wildman–Crippen LogP) is 1.23. The molecule has 2 N–H and O–H groups in total. The van der Waals surface area contributed by atoms with Gasteiger partial charge in [0, 0.05) is 24.1 Å². The first-order valence-corrected chi connectivity index (χ1v) is 7.15. The largest absolute Gasteiger partial charge is 0.485 e. The lowest BCUT2D eigenvalue weighted by Gasteiger charge is -2.11. The van der Waals surface area contributed by atoms with Crippen LogP contribution < -0.4 is 21.7 Å². The van der Waals surface area contributed by atoms with Crippen molar-refractivity contribution in [2.45, 2.75) is 0 Å². The van der Waals surface area contributed by atoms with E-state index in [2.05, 4.69) is 0 Å². The number of halogens is 2. The second-order valence-corrected chi connectivity index (χ2v) is 5.66. The number of ketones is 1. The highest BCUT2D eigenvalue weighted by Gasteiger charge is 2.20. The highest BCUT2D eigenvalue weighted by molar-refractivity contribution is 6.34. The second-order valence-electron chi connectivity index (χ2n) is 4.78. The number of Topliss-reactive ketones (excluding diaryl/α,β-unsaturated/α-hetero) is 1. The van der Waals surface area contributed by atoms with Crippen molar-refractivity contribution in [3.05, 3.63) is 54.6 Å². The molecule has 0 saturated carbocycles. The number of hydrogen-bond donors (Lipinski definition) is 1. The Morgan fingerprint density at radius 1 is 1.13 bits per heavy atom. The minimum atomic E-state index is -0.775. The summed E-state index contributed by atoms with van der Waals surface area (Å²) >= 11 is 11.7. The molecule has 0 fully saturated rings. The maximum Gasteiger partial charge on any atom is 0.332 e. The van der Waals surface area contributed by atoms with E-state index >= 15 is 0 Å². The Bertz CT molecular complexity index is 882. The topological polar surface area (TPSA) is 96.3 Å². The summed E-state index contributed by atoms with van der Waals surface area (Å²) < 4.78 is 7.12. The molecule has 1 aromatic heterocycles. The van der Waals surface area contributed by atoms with Crippen molar-refractivity contribution in [1.29, 1.82) is 0 Å². The van der Waals surface area contributed by atoms with Crippen LogP contribution in [-0.4, -0.2) is 21.5 Å². The van der Waals surface area contributed by atoms with Crippen LogP contribution in [0.4, 0.5) is 5.82 Å². The zero-order valence-corrected chi connectivity index (χ0v) is 13.8. The van der Waals surface area contributed by atoms with Gasteiger partial charge in [0.25, 0.3) is 5.56 Å². The van der Waals surface area contributed by atoms with Crippen LogP contribution in [0.15, 0.2) is 27.8 Å². The molecule has 0 radical (unpaired) electrons. The summed E-state index contributed by atoms with van der Waals surface area (Å²) in [5.41, 5.74) is 4.01. The summed E-state index contributed by atoms with van der Waals surface area (Å²) in [7, 11) is 2.63. The maximum absolute atomic E-state index is 12.2. The number of nitrogen functional groups attached to an aromatic ring is 1. The number of benzene rings is 1. The van der Waals surface area contributed by atoms with Crippen LogP contribution in [0, 0.1) is 0 Å². The fraction of sp³-hybridized carbons (Fsp3) is 0.214. The van der Waals surface area contributed by atoms with E-state index in [1.807, 2.05) is 0 Å². The van der Waals surface area contributed by atoms with Gasteiger partial charge in [0.15, 0.2) is 6.61 Å². The fourth-order valence-electron chi connectivity index (χ4n) is 1.95. The zero-order chi connectivity index (χ0) is 17.3. The van der Waals surface area contributed by atoms with E-state index < -0.39 is 23.6 Å². The molecule has 0 spiro atoms. The van der Waals surface area contributed by atoms with Crippen molar-refractivity contribution in [2.75, 3.05) is 12.3 Å². The molecule has 0 aliphatic heterocycles. The smallest absolute Gasteiger partial charge is 0.332 e. The highest BCUT2D eigenvalue weighted by atomic mass is 35.5. The molecule has 1 heterocycles. The van der Waals surface area contributed by atoms with Crippen LogP contribution >= 0.6 is 23.2 Å². The van der Waals surface area contributed by atoms with Crippen molar-refractivity contribution in [1.82, 2.24) is 9.13 Å². The molecule has 2 aromatic rings. The first kappa shape index (κ1) is 17.1. The summed E-state index contributed by atoms with van der Waals surface area (Å²) in [5, 5.41) is 0.690. The number of hydrogen-bond acceptors (Lipinski definition) is 5. The average Bonchev–Trinajstić information content (AvgIpc) is 2.48. The zero-order valence-electron chi connectivity index (χ0n) is 12.3. The predicted molar refractivity (Wildman–Crippen MR) is 87.6 cm³/mol. The van der Waals surface area contributed by atoms with Crippen LogP contribution in [0.2, 0.25) is 10.0 Å². The molecule has 0 saturated heterocycles. The summed E-state index contributed by atoms with van der Waals surface area (Å²) in [6.07, 6.45) is 0. The van der Waals surface area contributed by atoms with Gasteiger partial charge in [0.05, 0.1) is 0 Å². The third kappa shape index (κ3) is 3.40. The third-order valence-corrected chi connectivity index (χ3v) is 3.63. The normalized spacial score (nSPS) is 10.6. The molecule has 0 atom stereocenters. The van der Waals surface area contributed by atoms with Crippen molar-refractivity contribution in [3.63, 3.8) is 0 Å². The molecule has 0 aliphatic carbocycles. The van der Waals surface area contributed by atoms with Crippen molar-refractivity contribution < 1.29 is 9.53 Å². The van der Waals surface area contributed by atoms with E-state index in [1.165, 1.54) is 32.3 Å². The molecule has 0 unspecified atom stereocenters. The van der Waals surface area contributed by atoms with Gasteiger partial charge in [-0.2, -0.15) is 0 Å². The van der Waals surface area contributed by atoms with Gasteiger partial charge >= 0.3 is 5.69 Å². The van der Waals surface area contributed by atoms with Crippen LogP contribution in [0.25, 0.3) is 0 Å². The molecule has 9 heteroatoms. The third-order valence-electron chi connectivity index (χ3n) is 3.19. The number of aromatic nitrogens is 2. The van der Waals surface area contributed by atoms with Gasteiger partial charge in [0.2, 0.25) is 5.78 Å². The quantitative estimate of drug-likeness (QED) is 0.830. The van der Waals surface area contributed by atoms with E-state index in [0.717, 1.165) is 9.13 Å². The van der Waals surface area contributed by atoms with Crippen molar-refractivity contribution >= 4 is 34.8 Å². The van der Waals surface area contributed by atoms with Gasteiger partial charge in [0.1, 0.15) is 17.1 Å². The Balaban J connectivity index is 2.32. The van der Waals surface area contributed by atoms with E-state index in [1.54, 1.807) is 0 Å². The molecule has 0 bridgehead atoms. The van der Waals surface area contributed by atoms with Crippen LogP contribution in [0.1, 0.15) is 10.4 Å². The first-order valence-electron chi connectivity index (χ1n) is 6.40. The van der Waals surface area contributed by atoms with E-state index in [4.69, 9.17) is 33.7 Å². The molecule has 122 valence electrons. The number of nitrogens with zero attached hydrogens (tertiary/aromatic N) is 2. The standard InChI is InChI=1S/C14H13Cl2N3O4/c1-18-12(17)11(13(21)19(2)14(18)22)10(20)6-23-9-4-7(15)3-8(16)5-9/h3-5H,6,17H2,1-2H3. The van der Waals surface area contributed by atoms with Gasteiger partial charge in [-0.25, -0.2) is 4.79 Å². The number of carbonyl (C=O) groups excluding carboxylic acids is 1. The highest BCUT2D eigenvalue weighted by Crippen LogP contribution is 2.24. The fourth-order valence-corrected chi connectivity index (χ4v) is 2.46. The monoisotopic (exact) mass is 357 g/mol. The van der Waals surface area contributed by atoms with Crippen molar-refractivity contribution in [3.8, 4) is 5.75 Å². The number of carbonyl (C=O) groups is 1. The minimum absolute atomic E-state index is 0.212. The lowest BCUT2D eigenvalue weighted by Crippen LogP contribution is -2.42. The SMILES string of the molecule is Cn1c(N)c(C(=O)COc2cc(Cl)cc(Cl)c2)c(=O)n(C)c1=O. The van der Waals surface area contributed by atoms with Gasteiger partial charge in [-0.15, -0.1) is 0 Å². The number of rotatable bonds is 4. The molecular formula is C14H13Cl2N3O4. The number of nitrogens with two attached hydrogens (primary N) is 1. The molecule has 0 aliphatic rings. The van der Waals surface area contributed by atoms with Gasteiger partial charge in [-0.1, -0.05) is 23.2 Å². The summed E-state index contributed by atoms with van der Waals surface area (Å²) in [5.74, 6) is -0.596. The van der Waals surface area contributed by atoms with Gasteiger partial charge < -0.3 is 10.5 Å². The average molecular weight is 358 g/mol. The molecule has 7 nitrogen and oxygen atoms in total. The summed E-state index contributed by atoms with van der Waals surface area (Å²) in [4.78, 5) is 36.0. The van der Waals surface area contributed by atoms with Crippen LogP contribution in [-0.2, 0) is 14.1 Å². The minimum Gasteiger partial charge on any atom is -0.485 e. The summed E-state index contributed by atoms with van der Waals surface area (Å²) in [6, 6.07) is 4.46. The van der Waals surface area contributed by atoms with Gasteiger partial charge in [-0.05, 0) is 18.2 Å². The summed E-state index contributed by atoms with van der Waals surface area (Å²) in [6.45, 7) is -0.450. The Morgan fingerprint density at radius 2 is 1.70 bits per heavy atom. The molecule has 2 rings (SSSR count). The first-order chi connectivity index (χ1) is 10.7. The Labute approximate surface area is 140 Å². The molecule has 0 amide bonds. The lowest BCUT2D eigenvalue weighted by atomic mass is 10.2. The molecular weight excluding hydrogens is 345 g/mol. The Morgan fingerprint density at radius 3 is 2.26 bits per heavy atom. The van der Waals surface area contributed by atoms with Crippen molar-refractivity contribution in [2.24, 2.45) is 14.1 Å². The van der Waals surface area contributed by atoms with E-state index in [9.17, 15) is 14.4 Å². The lowest BCUT2D eigenvalue weighted by molar-refractivity contribution is 0.0919. The number of anilines is 1. The molecule has 1 aromatic carbocycles. The van der Waals surface area contributed by atoms with E-state index in [-0.39, 0.29) is 17.1 Å². The maximum atomic E-state index is 12.2. The number of ether oxygens (including phenoxy) is 1. The van der Waals surface area contributed by atoms with E-state index in [0.29, 0.717) is 10.0 Å². The second kappa shape index (κ2) is 6.47. The van der Waals surface area contributed by atoms with Crippen LogP contribution in [0.5, 0.6) is 5.75 Å². The van der Waals surface area contributed by atoms with Crippen LogP contribution in [0.3, 0.4) is 0 Å². The van der Waals surface area contributed by atoms with Gasteiger partial charge in [-0.3, -0.25) is 18.7 Å².